The van der Waals surface area contributed by atoms with E-state index in [1.54, 1.807) is 38.5 Å². The van der Waals surface area contributed by atoms with Gasteiger partial charge in [-0.05, 0) is 87.5 Å². The van der Waals surface area contributed by atoms with Gasteiger partial charge in [0.2, 0.25) is 0 Å². The monoisotopic (exact) mass is 247 g/mol. The first kappa shape index (κ1) is 11.8. The molecule has 18 heavy (non-hydrogen) atoms. The molecule has 0 aromatic heterocycles. The normalized spacial score (nSPS) is 47.0. The highest BCUT2D eigenvalue weighted by Gasteiger charge is 2.50. The van der Waals surface area contributed by atoms with E-state index in [0.717, 1.165) is 29.2 Å². The van der Waals surface area contributed by atoms with Gasteiger partial charge in [0.05, 0.1) is 0 Å². The zero-order valence-electron chi connectivity index (χ0n) is 11.8. The van der Waals surface area contributed by atoms with Crippen molar-refractivity contribution in [2.45, 2.75) is 76.7 Å². The van der Waals surface area contributed by atoms with Crippen molar-refractivity contribution in [1.82, 2.24) is 5.32 Å². The van der Waals surface area contributed by atoms with Gasteiger partial charge in [-0.2, -0.15) is 0 Å². The lowest BCUT2D eigenvalue weighted by Gasteiger charge is -2.57. The number of nitrogens with one attached hydrogen (secondary N) is 1. The summed E-state index contributed by atoms with van der Waals surface area (Å²) >= 11 is 0. The second kappa shape index (κ2) is 4.51. The Labute approximate surface area is 112 Å². The molecule has 5 rings (SSSR count). The molecule has 1 N–H and O–H groups in total. The molecular weight excluding hydrogens is 218 g/mol. The van der Waals surface area contributed by atoms with E-state index < -0.39 is 0 Å². The van der Waals surface area contributed by atoms with Crippen LogP contribution >= 0.6 is 0 Å². The Morgan fingerprint density at radius 3 is 1.94 bits per heavy atom. The Hall–Kier alpha value is -0.0400. The third-order valence-electron chi connectivity index (χ3n) is 6.61. The first-order valence-corrected chi connectivity index (χ1v) is 8.55. The van der Waals surface area contributed by atoms with E-state index in [2.05, 4.69) is 5.32 Å². The molecule has 1 heteroatoms. The van der Waals surface area contributed by atoms with Gasteiger partial charge in [-0.1, -0.05) is 12.8 Å². The molecule has 5 aliphatic carbocycles. The molecular formula is C17H29N. The van der Waals surface area contributed by atoms with Crippen LogP contribution in [0, 0.1) is 23.2 Å². The number of hydrogen-bond donors (Lipinski definition) is 1. The molecule has 5 fully saturated rings. The van der Waals surface area contributed by atoms with Crippen LogP contribution in [0.5, 0.6) is 0 Å². The summed E-state index contributed by atoms with van der Waals surface area (Å²) in [6, 6.07) is 0.874. The fourth-order valence-electron chi connectivity index (χ4n) is 6.27. The van der Waals surface area contributed by atoms with Crippen LogP contribution in [-0.4, -0.2) is 12.6 Å². The first-order valence-electron chi connectivity index (χ1n) is 8.55. The lowest BCUT2D eigenvalue weighted by molar-refractivity contribution is -0.0569. The topological polar surface area (TPSA) is 12.0 Å². The van der Waals surface area contributed by atoms with E-state index in [-0.39, 0.29) is 0 Å². The van der Waals surface area contributed by atoms with E-state index in [1.807, 2.05) is 0 Å². The molecule has 0 amide bonds. The quantitative estimate of drug-likeness (QED) is 0.788. The molecule has 0 unspecified atom stereocenters. The van der Waals surface area contributed by atoms with Gasteiger partial charge in [-0.25, -0.2) is 0 Å². The molecule has 0 aromatic carbocycles. The van der Waals surface area contributed by atoms with Crippen LogP contribution in [0.2, 0.25) is 0 Å². The SMILES string of the molecule is C1CCC(NCCC23CC4CC(CC(C4)C2)C3)C1. The summed E-state index contributed by atoms with van der Waals surface area (Å²) < 4.78 is 0. The predicted molar refractivity (Wildman–Crippen MR) is 75.5 cm³/mol. The lowest BCUT2D eigenvalue weighted by Crippen LogP contribution is -2.47. The Morgan fingerprint density at radius 2 is 1.39 bits per heavy atom. The predicted octanol–water partition coefficient (Wildman–Crippen LogP) is 4.13. The average Bonchev–Trinajstić information content (AvgIpc) is 2.79. The van der Waals surface area contributed by atoms with Crippen LogP contribution in [0.1, 0.15) is 70.6 Å². The maximum absolute atomic E-state index is 3.86. The fourth-order valence-corrected chi connectivity index (χ4v) is 6.27. The summed E-state index contributed by atoms with van der Waals surface area (Å²) in [5, 5.41) is 3.86. The van der Waals surface area contributed by atoms with E-state index >= 15 is 0 Å². The number of rotatable bonds is 4. The van der Waals surface area contributed by atoms with Crippen LogP contribution in [0.15, 0.2) is 0 Å². The molecule has 4 bridgehead atoms. The molecule has 0 aromatic rings. The summed E-state index contributed by atoms with van der Waals surface area (Å²) in [5.74, 6) is 3.38. The Bertz CT molecular complexity index is 267. The molecule has 0 saturated heterocycles. The van der Waals surface area contributed by atoms with Gasteiger partial charge in [0, 0.05) is 6.04 Å². The van der Waals surface area contributed by atoms with E-state index in [4.69, 9.17) is 0 Å². The molecule has 5 aliphatic rings. The maximum atomic E-state index is 3.86. The van der Waals surface area contributed by atoms with Gasteiger partial charge in [0.1, 0.15) is 0 Å². The van der Waals surface area contributed by atoms with Gasteiger partial charge in [-0.15, -0.1) is 0 Å². The second-order valence-electron chi connectivity index (χ2n) is 8.10. The summed E-state index contributed by atoms with van der Waals surface area (Å²) in [6.07, 6.45) is 16.9. The van der Waals surface area contributed by atoms with Gasteiger partial charge in [0.15, 0.2) is 0 Å². The van der Waals surface area contributed by atoms with Crippen LogP contribution in [0.25, 0.3) is 0 Å². The van der Waals surface area contributed by atoms with Crippen molar-refractivity contribution >= 4 is 0 Å². The van der Waals surface area contributed by atoms with Crippen molar-refractivity contribution in [3.05, 3.63) is 0 Å². The smallest absolute Gasteiger partial charge is 0.00670 e. The molecule has 0 atom stereocenters. The molecule has 0 aliphatic heterocycles. The highest BCUT2D eigenvalue weighted by atomic mass is 14.9. The molecule has 0 heterocycles. The van der Waals surface area contributed by atoms with Gasteiger partial charge >= 0.3 is 0 Å². The number of hydrogen-bond acceptors (Lipinski definition) is 1. The van der Waals surface area contributed by atoms with Crippen molar-refractivity contribution in [1.29, 1.82) is 0 Å². The Balaban J connectivity index is 1.33. The van der Waals surface area contributed by atoms with Gasteiger partial charge < -0.3 is 5.32 Å². The van der Waals surface area contributed by atoms with E-state index in [1.165, 1.54) is 38.6 Å². The third-order valence-corrected chi connectivity index (χ3v) is 6.61. The minimum Gasteiger partial charge on any atom is -0.314 e. The Kier molecular flexibility index (Phi) is 2.94. The fraction of sp³-hybridized carbons (Fsp3) is 1.00. The molecule has 0 spiro atoms. The average molecular weight is 247 g/mol. The van der Waals surface area contributed by atoms with Crippen LogP contribution in [-0.2, 0) is 0 Å². The minimum atomic E-state index is 0.792. The van der Waals surface area contributed by atoms with Gasteiger partial charge in [-0.3, -0.25) is 0 Å². The molecule has 1 nitrogen and oxygen atoms in total. The van der Waals surface area contributed by atoms with Crippen molar-refractivity contribution < 1.29 is 0 Å². The highest BCUT2D eigenvalue weighted by molar-refractivity contribution is 5.01. The van der Waals surface area contributed by atoms with Crippen molar-refractivity contribution in [3.63, 3.8) is 0 Å². The zero-order valence-corrected chi connectivity index (χ0v) is 11.8. The van der Waals surface area contributed by atoms with Crippen molar-refractivity contribution in [3.8, 4) is 0 Å². The summed E-state index contributed by atoms with van der Waals surface area (Å²) in [6.45, 7) is 1.32. The largest absolute Gasteiger partial charge is 0.314 e. The van der Waals surface area contributed by atoms with Crippen LogP contribution in [0.4, 0.5) is 0 Å². The lowest BCUT2D eigenvalue weighted by atomic mass is 9.49. The van der Waals surface area contributed by atoms with Crippen molar-refractivity contribution in [2.24, 2.45) is 23.2 Å². The highest BCUT2D eigenvalue weighted by Crippen LogP contribution is 2.61. The second-order valence-corrected chi connectivity index (χ2v) is 8.10. The van der Waals surface area contributed by atoms with Crippen LogP contribution in [0.3, 0.4) is 0 Å². The molecule has 0 radical (unpaired) electrons. The maximum Gasteiger partial charge on any atom is 0.00670 e. The third kappa shape index (κ3) is 2.13. The van der Waals surface area contributed by atoms with E-state index in [0.29, 0.717) is 0 Å². The standard InChI is InChI=1S/C17H29N/c1-2-4-16(3-1)18-6-5-17-10-13-7-14(11-17)9-15(8-13)12-17/h13-16,18H,1-12H2. The van der Waals surface area contributed by atoms with Gasteiger partial charge in [0.25, 0.3) is 0 Å². The summed E-state index contributed by atoms with van der Waals surface area (Å²) in [5.41, 5.74) is 0.792. The summed E-state index contributed by atoms with van der Waals surface area (Å²) in [7, 11) is 0. The van der Waals surface area contributed by atoms with E-state index in [9.17, 15) is 0 Å². The zero-order chi connectivity index (χ0) is 12.0. The molecule has 5 saturated carbocycles. The molecule has 102 valence electrons. The first-order chi connectivity index (χ1) is 8.81. The minimum absolute atomic E-state index is 0.792. The van der Waals surface area contributed by atoms with Crippen molar-refractivity contribution in [2.75, 3.05) is 6.54 Å². The van der Waals surface area contributed by atoms with Crippen LogP contribution < -0.4 is 5.32 Å². The summed E-state index contributed by atoms with van der Waals surface area (Å²) in [4.78, 5) is 0. The Morgan fingerprint density at radius 1 is 0.833 bits per heavy atom.